The van der Waals surface area contributed by atoms with Crippen molar-refractivity contribution in [2.24, 2.45) is 17.8 Å². The molecule has 3 unspecified atom stereocenters. The van der Waals surface area contributed by atoms with E-state index in [1.807, 2.05) is 0 Å². The van der Waals surface area contributed by atoms with Crippen LogP contribution < -0.4 is 0 Å². The van der Waals surface area contributed by atoms with Gasteiger partial charge in [-0.1, -0.05) is 42.8 Å². The van der Waals surface area contributed by atoms with E-state index in [2.05, 4.69) is 43.3 Å². The molecule has 1 N–H and O–H groups in total. The fourth-order valence-corrected chi connectivity index (χ4v) is 4.33. The van der Waals surface area contributed by atoms with Crippen LogP contribution in [0, 0.1) is 24.7 Å². The van der Waals surface area contributed by atoms with E-state index in [0.717, 1.165) is 11.8 Å². The van der Waals surface area contributed by atoms with Gasteiger partial charge < -0.3 is 5.11 Å². The van der Waals surface area contributed by atoms with Gasteiger partial charge in [-0.3, -0.25) is 0 Å². The quantitative estimate of drug-likeness (QED) is 0.848. The minimum absolute atomic E-state index is 0.263. The standard InChI is InChI=1S/C18H20O/c1-11-9-10-12-5-2-3-6-13(12)16(11)18(19)17-14-7-4-8-15(14)17/h2-3,5-6,9-10,14-15,17-19H,4,7-8H2,1H3. The highest BCUT2D eigenvalue weighted by molar-refractivity contribution is 5.87. The Labute approximate surface area is 114 Å². The Morgan fingerprint density at radius 2 is 1.79 bits per heavy atom. The summed E-state index contributed by atoms with van der Waals surface area (Å²) >= 11 is 0. The second kappa shape index (κ2) is 4.08. The summed E-state index contributed by atoms with van der Waals surface area (Å²) in [5, 5.41) is 13.3. The third-order valence-corrected chi connectivity index (χ3v) is 5.32. The second-order valence-corrected chi connectivity index (χ2v) is 6.30. The van der Waals surface area contributed by atoms with Crippen LogP contribution in [0.15, 0.2) is 36.4 Å². The van der Waals surface area contributed by atoms with Crippen molar-refractivity contribution >= 4 is 10.8 Å². The maximum Gasteiger partial charge on any atom is 0.0832 e. The highest BCUT2D eigenvalue weighted by Gasteiger charge is 2.56. The molecule has 0 spiro atoms. The molecular formula is C18H20O. The molecule has 2 aromatic carbocycles. The molecule has 19 heavy (non-hydrogen) atoms. The molecule has 0 aromatic heterocycles. The molecule has 0 aliphatic heterocycles. The van der Waals surface area contributed by atoms with Gasteiger partial charge in [0.25, 0.3) is 0 Å². The largest absolute Gasteiger partial charge is 0.388 e. The van der Waals surface area contributed by atoms with Crippen LogP contribution in [-0.2, 0) is 0 Å². The average Bonchev–Trinajstić information content (AvgIpc) is 2.91. The third-order valence-electron chi connectivity index (χ3n) is 5.32. The zero-order chi connectivity index (χ0) is 13.0. The van der Waals surface area contributed by atoms with Crippen molar-refractivity contribution in [1.29, 1.82) is 0 Å². The van der Waals surface area contributed by atoms with Crippen molar-refractivity contribution in [1.82, 2.24) is 0 Å². The molecule has 4 rings (SSSR count). The van der Waals surface area contributed by atoms with E-state index in [1.54, 1.807) is 0 Å². The first-order valence-electron chi connectivity index (χ1n) is 7.43. The van der Waals surface area contributed by atoms with Crippen LogP contribution in [0.3, 0.4) is 0 Å². The molecule has 2 aromatic rings. The van der Waals surface area contributed by atoms with Crippen molar-refractivity contribution in [2.75, 3.05) is 0 Å². The lowest BCUT2D eigenvalue weighted by atomic mass is 9.91. The Bertz CT molecular complexity index is 621. The molecule has 0 bridgehead atoms. The first-order valence-corrected chi connectivity index (χ1v) is 7.43. The Morgan fingerprint density at radius 1 is 1.05 bits per heavy atom. The first kappa shape index (κ1) is 11.5. The topological polar surface area (TPSA) is 20.2 Å². The predicted molar refractivity (Wildman–Crippen MR) is 78.0 cm³/mol. The Hall–Kier alpha value is -1.34. The van der Waals surface area contributed by atoms with Gasteiger partial charge in [-0.2, -0.15) is 0 Å². The van der Waals surface area contributed by atoms with Crippen LogP contribution in [0.2, 0.25) is 0 Å². The van der Waals surface area contributed by atoms with Crippen LogP contribution in [-0.4, -0.2) is 5.11 Å². The average molecular weight is 252 g/mol. The zero-order valence-corrected chi connectivity index (χ0v) is 11.3. The normalized spacial score (nSPS) is 30.3. The smallest absolute Gasteiger partial charge is 0.0832 e. The van der Waals surface area contributed by atoms with Gasteiger partial charge in [-0.15, -0.1) is 0 Å². The van der Waals surface area contributed by atoms with Crippen LogP contribution in [0.1, 0.15) is 36.5 Å². The minimum Gasteiger partial charge on any atom is -0.388 e. The number of hydrogen-bond donors (Lipinski definition) is 1. The summed E-state index contributed by atoms with van der Waals surface area (Å²) in [6.45, 7) is 2.13. The number of benzene rings is 2. The van der Waals surface area contributed by atoms with Crippen LogP contribution in [0.5, 0.6) is 0 Å². The number of aliphatic hydroxyl groups excluding tert-OH is 1. The number of aliphatic hydroxyl groups is 1. The molecule has 2 saturated carbocycles. The molecule has 0 radical (unpaired) electrons. The molecule has 2 aliphatic rings. The SMILES string of the molecule is Cc1ccc2ccccc2c1C(O)C1C2CCCC21. The van der Waals surface area contributed by atoms with Crippen molar-refractivity contribution in [3.05, 3.63) is 47.5 Å². The third kappa shape index (κ3) is 1.64. The molecule has 2 aliphatic carbocycles. The number of hydrogen-bond acceptors (Lipinski definition) is 1. The number of fused-ring (bicyclic) bond motifs is 2. The lowest BCUT2D eigenvalue weighted by molar-refractivity contribution is 0.138. The van der Waals surface area contributed by atoms with Gasteiger partial charge in [-0.25, -0.2) is 0 Å². The molecule has 1 heteroatoms. The van der Waals surface area contributed by atoms with Gasteiger partial charge >= 0.3 is 0 Å². The molecule has 1 nitrogen and oxygen atoms in total. The van der Waals surface area contributed by atoms with E-state index in [0.29, 0.717) is 5.92 Å². The lowest BCUT2D eigenvalue weighted by Crippen LogP contribution is -2.07. The van der Waals surface area contributed by atoms with Gasteiger partial charge in [0.1, 0.15) is 0 Å². The van der Waals surface area contributed by atoms with Crippen molar-refractivity contribution in [3.8, 4) is 0 Å². The summed E-state index contributed by atoms with van der Waals surface area (Å²) in [6.07, 6.45) is 3.76. The van der Waals surface area contributed by atoms with Crippen LogP contribution in [0.25, 0.3) is 10.8 Å². The van der Waals surface area contributed by atoms with Gasteiger partial charge in [0, 0.05) is 0 Å². The first-order chi connectivity index (χ1) is 9.27. The lowest BCUT2D eigenvalue weighted by Gasteiger charge is -2.18. The van der Waals surface area contributed by atoms with Gasteiger partial charge in [0.2, 0.25) is 0 Å². The van der Waals surface area contributed by atoms with E-state index in [1.165, 1.54) is 41.2 Å². The Kier molecular flexibility index (Phi) is 2.46. The summed E-state index contributed by atoms with van der Waals surface area (Å²) in [7, 11) is 0. The van der Waals surface area contributed by atoms with Crippen LogP contribution >= 0.6 is 0 Å². The Morgan fingerprint density at radius 3 is 2.58 bits per heavy atom. The monoisotopic (exact) mass is 252 g/mol. The molecule has 3 atom stereocenters. The molecule has 0 heterocycles. The maximum atomic E-state index is 10.8. The second-order valence-electron chi connectivity index (χ2n) is 6.30. The van der Waals surface area contributed by atoms with Crippen molar-refractivity contribution in [3.63, 3.8) is 0 Å². The molecule has 2 fully saturated rings. The molecule has 98 valence electrons. The van der Waals surface area contributed by atoms with Crippen molar-refractivity contribution in [2.45, 2.75) is 32.3 Å². The van der Waals surface area contributed by atoms with E-state index in [4.69, 9.17) is 0 Å². The summed E-state index contributed by atoms with van der Waals surface area (Å²) in [5.74, 6) is 2.12. The van der Waals surface area contributed by atoms with E-state index in [-0.39, 0.29) is 6.10 Å². The number of rotatable bonds is 2. The summed E-state index contributed by atoms with van der Waals surface area (Å²) < 4.78 is 0. The van der Waals surface area contributed by atoms with E-state index >= 15 is 0 Å². The van der Waals surface area contributed by atoms with E-state index in [9.17, 15) is 5.11 Å². The van der Waals surface area contributed by atoms with Gasteiger partial charge in [-0.05, 0) is 59.4 Å². The highest BCUT2D eigenvalue weighted by atomic mass is 16.3. The summed E-state index contributed by atoms with van der Waals surface area (Å²) in [4.78, 5) is 0. The number of aryl methyl sites for hydroxylation is 1. The molecule has 0 saturated heterocycles. The van der Waals surface area contributed by atoms with E-state index < -0.39 is 0 Å². The van der Waals surface area contributed by atoms with Gasteiger partial charge in [0.05, 0.1) is 6.10 Å². The summed E-state index contributed by atoms with van der Waals surface area (Å²) in [6, 6.07) is 12.7. The predicted octanol–water partition coefficient (Wildman–Crippen LogP) is 4.23. The minimum atomic E-state index is -0.263. The molecular weight excluding hydrogens is 232 g/mol. The fraction of sp³-hybridized carbons (Fsp3) is 0.444. The maximum absolute atomic E-state index is 10.8. The fourth-order valence-electron chi connectivity index (χ4n) is 4.33. The van der Waals surface area contributed by atoms with Gasteiger partial charge in [0.15, 0.2) is 0 Å². The van der Waals surface area contributed by atoms with Crippen molar-refractivity contribution < 1.29 is 5.11 Å². The Balaban J connectivity index is 1.79. The zero-order valence-electron chi connectivity index (χ0n) is 11.3. The van der Waals surface area contributed by atoms with Crippen LogP contribution in [0.4, 0.5) is 0 Å². The highest BCUT2D eigenvalue weighted by Crippen LogP contribution is 2.62. The summed E-state index contributed by atoms with van der Waals surface area (Å²) in [5.41, 5.74) is 2.41. The molecule has 0 amide bonds.